The molecule has 1 N–H and O–H groups in total. The molecular weight excluding hydrogens is 416 g/mol. The number of carbonyl (C=O) groups is 1. The lowest BCUT2D eigenvalue weighted by atomic mass is 10.1. The fourth-order valence-corrected chi connectivity index (χ4v) is 3.69. The molecule has 1 aliphatic heterocycles. The third-order valence-corrected chi connectivity index (χ3v) is 5.32. The van der Waals surface area contributed by atoms with E-state index in [0.717, 1.165) is 25.2 Å². The third kappa shape index (κ3) is 7.13. The molecular formula is C24H31ClN2O4. The van der Waals surface area contributed by atoms with Gasteiger partial charge in [0.25, 0.3) is 5.91 Å². The Morgan fingerprint density at radius 1 is 1.23 bits per heavy atom. The molecule has 168 valence electrons. The summed E-state index contributed by atoms with van der Waals surface area (Å²) in [4.78, 5) is 15.0. The van der Waals surface area contributed by atoms with Crippen LogP contribution in [0, 0.1) is 5.92 Å². The van der Waals surface area contributed by atoms with Crippen LogP contribution >= 0.6 is 11.6 Å². The standard InChI is InChI=1S/C24H31ClN2O4/c1-17(2)14-27-10-11-30-21(15-27)13-26-24(28)19-6-9-22(23(12-19)29-3)31-16-18-4-7-20(25)8-5-18/h4-9,12,17,21H,10-11,13-16H2,1-3H3,(H,26,28). The second-order valence-corrected chi connectivity index (χ2v) is 8.57. The molecule has 1 unspecified atom stereocenters. The molecule has 1 aliphatic rings. The van der Waals surface area contributed by atoms with E-state index in [9.17, 15) is 4.79 Å². The quantitative estimate of drug-likeness (QED) is 0.630. The molecule has 0 aromatic heterocycles. The molecule has 1 amide bonds. The molecule has 1 heterocycles. The van der Waals surface area contributed by atoms with Crippen LogP contribution in [0.15, 0.2) is 42.5 Å². The highest BCUT2D eigenvalue weighted by Crippen LogP contribution is 2.29. The first-order valence-electron chi connectivity index (χ1n) is 10.6. The Balaban J connectivity index is 1.54. The fourth-order valence-electron chi connectivity index (χ4n) is 3.56. The molecule has 0 bridgehead atoms. The van der Waals surface area contributed by atoms with E-state index >= 15 is 0 Å². The van der Waals surface area contributed by atoms with Crippen LogP contribution in [0.3, 0.4) is 0 Å². The fraction of sp³-hybridized carbons (Fsp3) is 0.458. The zero-order valence-electron chi connectivity index (χ0n) is 18.4. The minimum atomic E-state index is -0.160. The van der Waals surface area contributed by atoms with Crippen molar-refractivity contribution in [2.24, 2.45) is 5.92 Å². The number of rotatable bonds is 9. The minimum Gasteiger partial charge on any atom is -0.493 e. The van der Waals surface area contributed by atoms with Crippen molar-refractivity contribution in [3.8, 4) is 11.5 Å². The van der Waals surface area contributed by atoms with Gasteiger partial charge in [-0.2, -0.15) is 0 Å². The highest BCUT2D eigenvalue weighted by atomic mass is 35.5. The first kappa shape index (κ1) is 23.4. The molecule has 2 aromatic carbocycles. The van der Waals surface area contributed by atoms with Crippen LogP contribution in [-0.2, 0) is 11.3 Å². The van der Waals surface area contributed by atoms with Gasteiger partial charge in [-0.05, 0) is 41.8 Å². The normalized spacial score (nSPS) is 16.9. The van der Waals surface area contributed by atoms with E-state index in [1.165, 1.54) is 0 Å². The Morgan fingerprint density at radius 3 is 2.71 bits per heavy atom. The summed E-state index contributed by atoms with van der Waals surface area (Å²) in [6.07, 6.45) is 0.000304. The molecule has 0 saturated carbocycles. The summed E-state index contributed by atoms with van der Waals surface area (Å²) >= 11 is 5.92. The van der Waals surface area contributed by atoms with Crippen molar-refractivity contribution in [1.82, 2.24) is 10.2 Å². The number of halogens is 1. The maximum atomic E-state index is 12.6. The van der Waals surface area contributed by atoms with Gasteiger partial charge in [0, 0.05) is 36.8 Å². The van der Waals surface area contributed by atoms with E-state index in [4.69, 9.17) is 25.8 Å². The van der Waals surface area contributed by atoms with E-state index < -0.39 is 0 Å². The average Bonchev–Trinajstić information content (AvgIpc) is 2.77. The largest absolute Gasteiger partial charge is 0.493 e. The van der Waals surface area contributed by atoms with Gasteiger partial charge in [-0.1, -0.05) is 37.6 Å². The number of carbonyl (C=O) groups excluding carboxylic acids is 1. The van der Waals surface area contributed by atoms with Gasteiger partial charge in [-0.3, -0.25) is 9.69 Å². The van der Waals surface area contributed by atoms with Crippen molar-refractivity contribution in [3.63, 3.8) is 0 Å². The topological polar surface area (TPSA) is 60.0 Å². The van der Waals surface area contributed by atoms with Crippen LogP contribution in [0.1, 0.15) is 29.8 Å². The van der Waals surface area contributed by atoms with Gasteiger partial charge in [0.05, 0.1) is 19.8 Å². The Morgan fingerprint density at radius 2 is 2.00 bits per heavy atom. The van der Waals surface area contributed by atoms with Gasteiger partial charge < -0.3 is 19.5 Å². The van der Waals surface area contributed by atoms with Crippen LogP contribution in [0.2, 0.25) is 5.02 Å². The lowest BCUT2D eigenvalue weighted by Crippen LogP contribution is -2.48. The number of benzene rings is 2. The van der Waals surface area contributed by atoms with Crippen molar-refractivity contribution >= 4 is 17.5 Å². The zero-order valence-corrected chi connectivity index (χ0v) is 19.2. The number of ether oxygens (including phenoxy) is 3. The molecule has 1 saturated heterocycles. The maximum Gasteiger partial charge on any atom is 0.251 e. The smallest absolute Gasteiger partial charge is 0.251 e. The summed E-state index contributed by atoms with van der Waals surface area (Å²) in [5.41, 5.74) is 1.51. The first-order valence-corrected chi connectivity index (χ1v) is 11.0. The Bertz CT molecular complexity index is 857. The molecule has 31 heavy (non-hydrogen) atoms. The highest BCUT2D eigenvalue weighted by Gasteiger charge is 2.22. The predicted molar refractivity (Wildman–Crippen MR) is 122 cm³/mol. The van der Waals surface area contributed by atoms with E-state index in [1.54, 1.807) is 25.3 Å². The van der Waals surface area contributed by atoms with E-state index in [-0.39, 0.29) is 12.0 Å². The molecule has 3 rings (SSSR count). The van der Waals surface area contributed by atoms with Crippen LogP contribution in [0.4, 0.5) is 0 Å². The van der Waals surface area contributed by atoms with Gasteiger partial charge in [0.2, 0.25) is 0 Å². The second-order valence-electron chi connectivity index (χ2n) is 8.14. The molecule has 6 nitrogen and oxygen atoms in total. The Labute approximate surface area is 189 Å². The van der Waals surface area contributed by atoms with Gasteiger partial charge in [-0.25, -0.2) is 0 Å². The van der Waals surface area contributed by atoms with Crippen molar-refractivity contribution in [2.45, 2.75) is 26.6 Å². The van der Waals surface area contributed by atoms with Crippen molar-refractivity contribution in [1.29, 1.82) is 0 Å². The lowest BCUT2D eigenvalue weighted by Gasteiger charge is -2.33. The molecule has 2 aromatic rings. The van der Waals surface area contributed by atoms with Crippen LogP contribution < -0.4 is 14.8 Å². The number of hydrogen-bond donors (Lipinski definition) is 1. The zero-order chi connectivity index (χ0) is 22.2. The summed E-state index contributed by atoms with van der Waals surface area (Å²) in [6, 6.07) is 12.6. The lowest BCUT2D eigenvalue weighted by molar-refractivity contribution is -0.0295. The SMILES string of the molecule is COc1cc(C(=O)NCC2CN(CC(C)C)CCO2)ccc1OCc1ccc(Cl)cc1. The van der Waals surface area contributed by atoms with Crippen LogP contribution in [-0.4, -0.2) is 56.8 Å². The Kier molecular flexibility index (Phi) is 8.58. The predicted octanol–water partition coefficient (Wildman–Crippen LogP) is 4.01. The van der Waals surface area contributed by atoms with Gasteiger partial charge in [-0.15, -0.1) is 0 Å². The number of nitrogens with zero attached hydrogens (tertiary/aromatic N) is 1. The maximum absolute atomic E-state index is 12.6. The second kappa shape index (κ2) is 11.4. The van der Waals surface area contributed by atoms with Crippen molar-refractivity contribution in [3.05, 3.63) is 58.6 Å². The molecule has 0 aliphatic carbocycles. The van der Waals surface area contributed by atoms with Gasteiger partial charge >= 0.3 is 0 Å². The molecule has 1 fully saturated rings. The summed E-state index contributed by atoms with van der Waals surface area (Å²) < 4.78 is 17.1. The minimum absolute atomic E-state index is 0.000304. The monoisotopic (exact) mass is 446 g/mol. The summed E-state index contributed by atoms with van der Waals surface area (Å²) in [7, 11) is 1.56. The number of hydrogen-bond acceptors (Lipinski definition) is 5. The van der Waals surface area contributed by atoms with E-state index in [1.807, 2.05) is 24.3 Å². The third-order valence-electron chi connectivity index (χ3n) is 5.07. The first-order chi connectivity index (χ1) is 14.9. The van der Waals surface area contributed by atoms with Gasteiger partial charge in [0.15, 0.2) is 11.5 Å². The number of amides is 1. The van der Waals surface area contributed by atoms with Crippen molar-refractivity contribution in [2.75, 3.05) is 39.9 Å². The van der Waals surface area contributed by atoms with Crippen molar-refractivity contribution < 1.29 is 19.0 Å². The molecule has 0 radical (unpaired) electrons. The molecule has 7 heteroatoms. The molecule has 0 spiro atoms. The number of morpholine rings is 1. The highest BCUT2D eigenvalue weighted by molar-refractivity contribution is 6.30. The average molecular weight is 447 g/mol. The van der Waals surface area contributed by atoms with Crippen LogP contribution in [0.5, 0.6) is 11.5 Å². The summed E-state index contributed by atoms with van der Waals surface area (Å²) in [5, 5.41) is 3.66. The van der Waals surface area contributed by atoms with Crippen LogP contribution in [0.25, 0.3) is 0 Å². The summed E-state index contributed by atoms with van der Waals surface area (Å²) in [6.45, 7) is 8.79. The van der Waals surface area contributed by atoms with Gasteiger partial charge in [0.1, 0.15) is 6.61 Å². The Hall–Kier alpha value is -2.28. The summed E-state index contributed by atoms with van der Waals surface area (Å²) in [5.74, 6) is 1.54. The van der Waals surface area contributed by atoms with E-state index in [0.29, 0.717) is 47.8 Å². The molecule has 1 atom stereocenters. The van der Waals surface area contributed by atoms with E-state index in [2.05, 4.69) is 24.1 Å². The number of nitrogens with one attached hydrogen (secondary N) is 1. The number of methoxy groups -OCH3 is 1.